The predicted molar refractivity (Wildman–Crippen MR) is 105 cm³/mol. The molecule has 0 aromatic heterocycles. The van der Waals surface area contributed by atoms with Crippen molar-refractivity contribution < 1.29 is 22.0 Å². The average molecular weight is 411 g/mol. The fraction of sp³-hybridized carbons (Fsp3) is 0. The summed E-state index contributed by atoms with van der Waals surface area (Å²) in [6.07, 6.45) is 18.1. The molecule has 2 saturated carbocycles. The Kier molecular flexibility index (Phi) is 9.32. The van der Waals surface area contributed by atoms with Crippen LogP contribution in [0.1, 0.15) is 5.56 Å². The number of non-ortho nitro benzene ring substituents is 1. The van der Waals surface area contributed by atoms with Crippen LogP contribution in [0.2, 0.25) is 0 Å². The van der Waals surface area contributed by atoms with Crippen LogP contribution < -0.4 is 0 Å². The van der Waals surface area contributed by atoms with Crippen molar-refractivity contribution in [1.29, 1.82) is 0 Å². The second kappa shape index (κ2) is 11.7. The third-order valence-electron chi connectivity index (χ3n) is 3.76. The summed E-state index contributed by atoms with van der Waals surface area (Å²) in [5.41, 5.74) is 2.47. The molecule has 2 aromatic rings. The van der Waals surface area contributed by atoms with Crippen molar-refractivity contribution >= 4 is 17.1 Å². The summed E-state index contributed by atoms with van der Waals surface area (Å²) >= 11 is 0. The summed E-state index contributed by atoms with van der Waals surface area (Å²) in [5, 5.41) is 18.8. The molecule has 0 heterocycles. The minimum atomic E-state index is -0.441. The number of nitro groups is 1. The second-order valence-corrected chi connectivity index (χ2v) is 5.66. The summed E-state index contributed by atoms with van der Waals surface area (Å²) in [4.78, 5) is 10.1. The van der Waals surface area contributed by atoms with Crippen LogP contribution in [0.15, 0.2) is 58.8 Å². The van der Waals surface area contributed by atoms with Crippen molar-refractivity contribution in [3.63, 3.8) is 0 Å². The van der Waals surface area contributed by atoms with Gasteiger partial charge in [-0.15, -0.1) is 0 Å². The predicted octanol–water partition coefficient (Wildman–Crippen LogP) is 5.78. The standard InChI is InChI=1S/C17H12N3O2.C5H5.Fe/c21-20(22)17-11-9-16(10-12-17)19-18-15-7-5-14(6-8-15)13-3-1-2-4-13;1-2-4-5-3-1;/h1-12H;1-5H;. The molecule has 0 saturated heterocycles. The van der Waals surface area contributed by atoms with Crippen LogP contribution in [0.4, 0.5) is 17.1 Å². The number of benzene rings is 2. The Morgan fingerprint density at radius 2 is 1.07 bits per heavy atom. The van der Waals surface area contributed by atoms with E-state index in [4.69, 9.17) is 0 Å². The zero-order chi connectivity index (χ0) is 18.9. The van der Waals surface area contributed by atoms with Gasteiger partial charge in [-0.1, -0.05) is 12.1 Å². The van der Waals surface area contributed by atoms with Gasteiger partial charge in [0.15, 0.2) is 0 Å². The number of rotatable bonds is 4. The molecule has 2 fully saturated rings. The number of azo groups is 1. The van der Waals surface area contributed by atoms with Crippen LogP contribution >= 0.6 is 0 Å². The van der Waals surface area contributed by atoms with E-state index >= 15 is 0 Å². The van der Waals surface area contributed by atoms with Crippen molar-refractivity contribution in [2.24, 2.45) is 10.2 Å². The number of hydrogen-bond donors (Lipinski definition) is 0. The first-order chi connectivity index (χ1) is 13.2. The molecule has 10 radical (unpaired) electrons. The first-order valence-electron chi connectivity index (χ1n) is 8.37. The molecule has 0 unspecified atom stereocenters. The Morgan fingerprint density at radius 1 is 0.643 bits per heavy atom. The van der Waals surface area contributed by atoms with Crippen molar-refractivity contribution in [3.05, 3.63) is 128 Å². The summed E-state index contributed by atoms with van der Waals surface area (Å²) in [6.45, 7) is 0. The molecular formula is C22H17FeN3O2. The Morgan fingerprint density at radius 3 is 1.50 bits per heavy atom. The largest absolute Gasteiger partial charge is 0.269 e. The van der Waals surface area contributed by atoms with Gasteiger partial charge in [-0.25, -0.2) is 0 Å². The monoisotopic (exact) mass is 411 g/mol. The van der Waals surface area contributed by atoms with E-state index < -0.39 is 4.92 Å². The van der Waals surface area contributed by atoms with Gasteiger partial charge in [0.1, 0.15) is 0 Å². The zero-order valence-electron chi connectivity index (χ0n) is 14.8. The van der Waals surface area contributed by atoms with Crippen LogP contribution in [0, 0.1) is 73.8 Å². The van der Waals surface area contributed by atoms with Crippen molar-refractivity contribution in [3.8, 4) is 0 Å². The maximum atomic E-state index is 10.6. The van der Waals surface area contributed by atoms with Crippen LogP contribution in [-0.4, -0.2) is 4.92 Å². The molecule has 0 spiro atoms. The van der Waals surface area contributed by atoms with Crippen LogP contribution in [-0.2, 0) is 17.1 Å². The van der Waals surface area contributed by atoms with Gasteiger partial charge in [-0.2, -0.15) is 10.2 Å². The minimum Gasteiger partial charge on any atom is -0.258 e. The van der Waals surface area contributed by atoms with E-state index in [9.17, 15) is 10.1 Å². The Hall–Kier alpha value is -2.04. The molecule has 0 atom stereocenters. The molecule has 28 heavy (non-hydrogen) atoms. The Balaban J connectivity index is 0.000000408. The summed E-state index contributed by atoms with van der Waals surface area (Å²) < 4.78 is 0. The summed E-state index contributed by atoms with van der Waals surface area (Å²) in [5.74, 6) is 1.17. The van der Waals surface area contributed by atoms with Crippen LogP contribution in [0.25, 0.3) is 0 Å². The van der Waals surface area contributed by atoms with E-state index in [0.717, 1.165) is 11.3 Å². The Bertz CT molecular complexity index is 743. The normalized spacial score (nSPS) is 16.4. The maximum Gasteiger partial charge on any atom is 0.269 e. The fourth-order valence-corrected chi connectivity index (χ4v) is 2.36. The van der Waals surface area contributed by atoms with E-state index in [1.807, 2.05) is 82.1 Å². The molecule has 2 aliphatic carbocycles. The van der Waals surface area contributed by atoms with Gasteiger partial charge in [0, 0.05) is 35.1 Å². The molecule has 4 rings (SSSR count). The van der Waals surface area contributed by atoms with Crippen molar-refractivity contribution in [2.45, 2.75) is 0 Å². The van der Waals surface area contributed by atoms with Gasteiger partial charge in [0.25, 0.3) is 5.69 Å². The van der Waals surface area contributed by atoms with Gasteiger partial charge in [0.2, 0.25) is 0 Å². The molecule has 0 N–H and O–H groups in total. The third kappa shape index (κ3) is 6.84. The summed E-state index contributed by atoms with van der Waals surface area (Å²) in [7, 11) is 0. The maximum absolute atomic E-state index is 10.6. The van der Waals surface area contributed by atoms with Gasteiger partial charge in [-0.3, -0.25) is 10.1 Å². The zero-order valence-corrected chi connectivity index (χ0v) is 15.9. The molecular weight excluding hydrogens is 394 g/mol. The topological polar surface area (TPSA) is 67.9 Å². The molecule has 2 aliphatic rings. The third-order valence-corrected chi connectivity index (χ3v) is 3.76. The van der Waals surface area contributed by atoms with Gasteiger partial charge < -0.3 is 0 Å². The van der Waals surface area contributed by atoms with Gasteiger partial charge in [0.05, 0.1) is 16.3 Å². The van der Waals surface area contributed by atoms with E-state index in [1.54, 1.807) is 12.1 Å². The van der Waals surface area contributed by atoms with E-state index in [0.29, 0.717) is 5.69 Å². The van der Waals surface area contributed by atoms with E-state index in [1.165, 1.54) is 18.1 Å². The quantitative estimate of drug-likeness (QED) is 0.277. The SMILES string of the molecule is O=[N+]([O-])c1ccc(N=Nc2ccc([C]3[CH][CH][CH][CH]3)cc2)cc1.[CH]1[CH][CH][CH][CH]1.[Fe]. The molecule has 5 nitrogen and oxygen atoms in total. The molecule has 6 heteroatoms. The van der Waals surface area contributed by atoms with Gasteiger partial charge in [-0.05, 0) is 87.6 Å². The summed E-state index contributed by atoms with van der Waals surface area (Å²) in [6, 6.07) is 13.7. The number of nitrogens with zero attached hydrogens (tertiary/aromatic N) is 3. The van der Waals surface area contributed by atoms with Crippen molar-refractivity contribution in [2.75, 3.05) is 0 Å². The molecule has 2 aromatic carbocycles. The molecule has 0 amide bonds. The van der Waals surface area contributed by atoms with Gasteiger partial charge >= 0.3 is 0 Å². The van der Waals surface area contributed by atoms with E-state index in [2.05, 4.69) is 10.2 Å². The van der Waals surface area contributed by atoms with Crippen molar-refractivity contribution in [1.82, 2.24) is 0 Å². The first-order valence-corrected chi connectivity index (χ1v) is 8.37. The molecule has 0 aliphatic heterocycles. The van der Waals surface area contributed by atoms with Crippen LogP contribution in [0.5, 0.6) is 0 Å². The Labute approximate surface area is 177 Å². The second-order valence-electron chi connectivity index (χ2n) is 5.66. The first kappa shape index (κ1) is 22.3. The molecule has 140 valence electrons. The average Bonchev–Trinajstić information content (AvgIpc) is 3.43. The van der Waals surface area contributed by atoms with Crippen LogP contribution in [0.3, 0.4) is 0 Å². The van der Waals surface area contributed by atoms with E-state index in [-0.39, 0.29) is 22.8 Å². The number of nitro benzene ring substituents is 1. The fourth-order valence-electron chi connectivity index (χ4n) is 2.36. The number of hydrogen-bond acceptors (Lipinski definition) is 4. The smallest absolute Gasteiger partial charge is 0.258 e. The minimum absolute atomic E-state index is 0. The molecule has 0 bridgehead atoms.